The van der Waals surface area contributed by atoms with Crippen molar-refractivity contribution < 1.29 is 32.9 Å². The van der Waals surface area contributed by atoms with Crippen molar-refractivity contribution in [2.45, 2.75) is 0 Å². The molecule has 8 nitrogen and oxygen atoms in total. The van der Waals surface area contributed by atoms with E-state index in [2.05, 4.69) is 48.5 Å². The fraction of sp³-hybridized carbons (Fsp3) is 0. The Morgan fingerprint density at radius 2 is 0.306 bits per heavy atom. The molecule has 14 heteroatoms. The van der Waals surface area contributed by atoms with Gasteiger partial charge in [-0.15, -0.1) is 0 Å². The third-order valence-electron chi connectivity index (χ3n) is 11.3. The van der Waals surface area contributed by atoms with Gasteiger partial charge in [-0.05, 0) is 20.7 Å². The molecule has 8 aromatic rings. The summed E-state index contributed by atoms with van der Waals surface area (Å²) in [5.41, 5.74) is 0. The summed E-state index contributed by atoms with van der Waals surface area (Å²) in [6, 6.07) is 80.7. The molecule has 3 aliphatic heterocycles. The molecule has 8 aromatic carbocycles. The summed E-state index contributed by atoms with van der Waals surface area (Å²) in [7, 11) is -25.5. The lowest BCUT2D eigenvalue weighted by atomic mass is 10.4. The summed E-state index contributed by atoms with van der Waals surface area (Å²) < 4.78 is 63.9. The topological polar surface area (TPSA) is 73.8 Å². The van der Waals surface area contributed by atoms with Crippen LogP contribution in [0.15, 0.2) is 243 Å². The zero-order valence-electron chi connectivity index (χ0n) is 33.4. The van der Waals surface area contributed by atoms with Crippen LogP contribution in [-0.4, -0.2) is 52.3 Å². The van der Waals surface area contributed by atoms with Gasteiger partial charge < -0.3 is 32.9 Å². The molecule has 3 fully saturated rings. The lowest BCUT2D eigenvalue weighted by molar-refractivity contribution is 0.0554. The van der Waals surface area contributed by atoms with Crippen molar-refractivity contribution in [1.82, 2.24) is 0 Å². The molecule has 0 amide bonds. The molecule has 0 unspecified atom stereocenters. The van der Waals surface area contributed by atoms with Crippen molar-refractivity contribution in [2.75, 3.05) is 0 Å². The van der Waals surface area contributed by atoms with Gasteiger partial charge in [0.1, 0.15) is 0 Å². The lowest BCUT2D eigenvalue weighted by Crippen LogP contribution is -2.94. The van der Waals surface area contributed by atoms with E-state index in [9.17, 15) is 0 Å². The summed E-state index contributed by atoms with van der Waals surface area (Å²) in [5.74, 6) is 0. The van der Waals surface area contributed by atoms with Crippen LogP contribution in [0.1, 0.15) is 0 Å². The van der Waals surface area contributed by atoms with Crippen LogP contribution in [0, 0.1) is 0 Å². The van der Waals surface area contributed by atoms with Gasteiger partial charge in [0.15, 0.2) is 0 Å². The highest BCUT2D eigenvalue weighted by atomic mass is 28.6. The molecule has 62 heavy (non-hydrogen) atoms. The van der Waals surface area contributed by atoms with Crippen molar-refractivity contribution >= 4 is 93.8 Å². The highest BCUT2D eigenvalue weighted by Crippen LogP contribution is 2.43. The Morgan fingerprint density at radius 1 is 0.161 bits per heavy atom. The van der Waals surface area contributed by atoms with E-state index in [1.807, 2.05) is 194 Å². The van der Waals surface area contributed by atoms with Gasteiger partial charge in [0.2, 0.25) is 0 Å². The molecule has 3 aliphatic rings. The summed E-state index contributed by atoms with van der Waals surface area (Å²) in [4.78, 5) is 0. The second-order valence-electron chi connectivity index (χ2n) is 15.2. The summed E-state index contributed by atoms with van der Waals surface area (Å²) in [6.45, 7) is 0. The molecule has 0 aliphatic carbocycles. The Balaban J connectivity index is 1.31. The lowest BCUT2D eigenvalue weighted by Gasteiger charge is -2.60. The van der Waals surface area contributed by atoms with E-state index in [1.165, 1.54) is 0 Å². The van der Waals surface area contributed by atoms with Crippen LogP contribution in [-0.2, 0) is 32.9 Å². The number of benzene rings is 8. The molecule has 0 N–H and O–H groups in total. The molecule has 3 heterocycles. The molecule has 0 aromatic heterocycles. The molecular formula is C48H40O8Si6. The fourth-order valence-electron chi connectivity index (χ4n) is 8.47. The smallest absolute Gasteiger partial charge is 0.384 e. The number of hydrogen-bond donors (Lipinski definition) is 0. The van der Waals surface area contributed by atoms with Crippen LogP contribution < -0.4 is 41.5 Å². The first-order valence-electron chi connectivity index (χ1n) is 20.6. The van der Waals surface area contributed by atoms with Gasteiger partial charge in [-0.25, -0.2) is 0 Å². The minimum absolute atomic E-state index is 0.727. The van der Waals surface area contributed by atoms with Gasteiger partial charge in [0, 0.05) is 20.7 Å². The zero-order valence-corrected chi connectivity index (χ0v) is 39.4. The van der Waals surface area contributed by atoms with Crippen LogP contribution in [0.3, 0.4) is 0 Å². The van der Waals surface area contributed by atoms with Crippen LogP contribution >= 0.6 is 0 Å². The quantitative estimate of drug-likeness (QED) is 0.212. The first-order valence-corrected chi connectivity index (χ1v) is 31.1. The number of fused-ring (bicyclic) bond motifs is 4. The van der Waals surface area contributed by atoms with E-state index in [1.54, 1.807) is 0 Å². The van der Waals surface area contributed by atoms with E-state index in [0.717, 1.165) is 41.5 Å². The monoisotopic (exact) mass is 912 g/mol. The van der Waals surface area contributed by atoms with Crippen molar-refractivity contribution in [3.8, 4) is 0 Å². The third kappa shape index (κ3) is 6.60. The van der Waals surface area contributed by atoms with Gasteiger partial charge in [0.25, 0.3) is 0 Å². The highest BCUT2D eigenvalue weighted by molar-refractivity contribution is 7.15. The largest absolute Gasteiger partial charge is 0.514 e. The second kappa shape index (κ2) is 15.8. The Hall–Kier alpha value is -5.26. The third-order valence-corrected chi connectivity index (χ3v) is 37.3. The minimum atomic E-state index is -4.41. The first-order chi connectivity index (χ1) is 30.5. The molecule has 0 atom stereocenters. The Bertz CT molecular complexity index is 2390. The van der Waals surface area contributed by atoms with Crippen LogP contribution in [0.2, 0.25) is 0 Å². The second-order valence-corrected chi connectivity index (χ2v) is 33.3. The van der Waals surface area contributed by atoms with E-state index in [4.69, 9.17) is 32.9 Å². The van der Waals surface area contributed by atoms with E-state index in [-0.39, 0.29) is 0 Å². The van der Waals surface area contributed by atoms with Crippen molar-refractivity contribution in [2.24, 2.45) is 0 Å². The standard InChI is InChI=1S/C48H40O8Si6/c1-9-25-41(26-10-1)57(42-27-11-2-12-28-42)49-59(45-33-17-5-18-34-45)53-60(50-57,46-35-19-6-20-36-46)56-62(48-39-23-8-24-40-48)52-58(43-29-13-3-14-30-43,44-31-15-4-16-32-44)51-61(54-62,55-59)47-37-21-7-22-38-47/h1-40H. The number of rotatable bonds is 8. The van der Waals surface area contributed by atoms with E-state index < -0.39 is 52.3 Å². The highest BCUT2D eigenvalue weighted by Gasteiger charge is 2.80. The van der Waals surface area contributed by atoms with Gasteiger partial charge in [-0.1, -0.05) is 243 Å². The molecular weight excluding hydrogens is 873 g/mol. The van der Waals surface area contributed by atoms with E-state index >= 15 is 0 Å². The predicted molar refractivity (Wildman–Crippen MR) is 252 cm³/mol. The Morgan fingerprint density at radius 3 is 0.468 bits per heavy atom. The maximum absolute atomic E-state index is 8.16. The molecule has 0 saturated carbocycles. The van der Waals surface area contributed by atoms with Crippen LogP contribution in [0.5, 0.6) is 0 Å². The normalized spacial score (nSPS) is 26.1. The van der Waals surface area contributed by atoms with Crippen molar-refractivity contribution in [3.05, 3.63) is 243 Å². The summed E-state index contributed by atoms with van der Waals surface area (Å²) >= 11 is 0. The Labute approximate surface area is 367 Å². The summed E-state index contributed by atoms with van der Waals surface area (Å²) in [6.07, 6.45) is 0. The molecule has 0 radical (unpaired) electrons. The van der Waals surface area contributed by atoms with Crippen molar-refractivity contribution in [3.63, 3.8) is 0 Å². The maximum Gasteiger partial charge on any atom is 0.514 e. The maximum atomic E-state index is 8.16. The average Bonchev–Trinajstić information content (AvgIpc) is 3.35. The molecule has 304 valence electrons. The van der Waals surface area contributed by atoms with E-state index in [0.29, 0.717) is 0 Å². The first kappa shape index (κ1) is 39.6. The summed E-state index contributed by atoms with van der Waals surface area (Å²) in [5, 5.41) is 6.41. The molecule has 11 rings (SSSR count). The Kier molecular flexibility index (Phi) is 10.1. The SMILES string of the molecule is c1ccc([Si]23O[Si](c4ccccc4)(O[Si]4(c5ccccc5)O[Si](c5ccccc5)(O2)O[Si](c2ccccc2)(c2ccccc2)O4)O[Si](c2ccccc2)(c2ccccc2)O3)cc1. The minimum Gasteiger partial charge on any atom is -0.384 e. The van der Waals surface area contributed by atoms with Gasteiger partial charge in [0.05, 0.1) is 0 Å². The van der Waals surface area contributed by atoms with Gasteiger partial charge in [-0.3, -0.25) is 0 Å². The molecule has 0 spiro atoms. The van der Waals surface area contributed by atoms with Crippen LogP contribution in [0.4, 0.5) is 0 Å². The van der Waals surface area contributed by atoms with Gasteiger partial charge >= 0.3 is 52.3 Å². The average molecular weight is 913 g/mol. The molecule has 4 bridgehead atoms. The number of hydrogen-bond acceptors (Lipinski definition) is 8. The zero-order chi connectivity index (χ0) is 41.6. The van der Waals surface area contributed by atoms with Crippen LogP contribution in [0.25, 0.3) is 0 Å². The predicted octanol–water partition coefficient (Wildman–Crippen LogP) is 4.06. The fourth-order valence-corrected chi connectivity index (χ4v) is 42.8. The molecule has 3 saturated heterocycles. The van der Waals surface area contributed by atoms with Crippen molar-refractivity contribution in [1.29, 1.82) is 0 Å². The van der Waals surface area contributed by atoms with Gasteiger partial charge in [-0.2, -0.15) is 0 Å².